The topological polar surface area (TPSA) is 121 Å². The molecule has 42 heavy (non-hydrogen) atoms. The van der Waals surface area contributed by atoms with Crippen molar-refractivity contribution in [3.8, 4) is 11.7 Å². The van der Waals surface area contributed by atoms with Gasteiger partial charge in [0.05, 0.1) is 11.0 Å². The normalized spacial score (nSPS) is 16.4. The van der Waals surface area contributed by atoms with Crippen molar-refractivity contribution >= 4 is 34.2 Å². The summed E-state index contributed by atoms with van der Waals surface area (Å²) in [6, 6.07) is 3.13. The summed E-state index contributed by atoms with van der Waals surface area (Å²) in [5.74, 6) is -3.68. The Kier molecular flexibility index (Phi) is 7.00. The molecule has 0 saturated carbocycles. The van der Waals surface area contributed by atoms with Crippen molar-refractivity contribution in [1.29, 1.82) is 0 Å². The molecule has 0 fully saturated rings. The van der Waals surface area contributed by atoms with Crippen LogP contribution in [0, 0.1) is 0 Å². The zero-order valence-corrected chi connectivity index (χ0v) is 26.6. The molecule has 0 atom stereocenters. The van der Waals surface area contributed by atoms with E-state index in [0.29, 0.717) is 11.4 Å². The Hall–Kier alpha value is -4.01. The van der Waals surface area contributed by atoms with E-state index in [9.17, 15) is 24.6 Å². The highest BCUT2D eigenvalue weighted by Gasteiger charge is 2.44. The third kappa shape index (κ3) is 5.21. The molecule has 0 spiro atoms. The summed E-state index contributed by atoms with van der Waals surface area (Å²) in [4.78, 5) is 44.5. The van der Waals surface area contributed by atoms with Gasteiger partial charge in [0, 0.05) is 57.8 Å². The summed E-state index contributed by atoms with van der Waals surface area (Å²) < 4.78 is 11.0. The molecule has 9 nitrogen and oxygen atoms in total. The van der Waals surface area contributed by atoms with Crippen molar-refractivity contribution in [2.24, 2.45) is 0 Å². The van der Waals surface area contributed by atoms with Gasteiger partial charge in [-0.3, -0.25) is 9.59 Å². The van der Waals surface area contributed by atoms with E-state index >= 15 is 0 Å². The molecule has 2 heterocycles. The van der Waals surface area contributed by atoms with Crippen LogP contribution >= 0.6 is 0 Å². The van der Waals surface area contributed by atoms with Gasteiger partial charge in [-0.05, 0) is 83.1 Å². The first-order valence-corrected chi connectivity index (χ1v) is 14.0. The van der Waals surface area contributed by atoms with Crippen molar-refractivity contribution in [3.05, 3.63) is 52.5 Å². The second-order valence-corrected chi connectivity index (χ2v) is 14.9. The number of carbonyl (C=O) groups excluding carboxylic acids is 3. The number of ether oxygens (including phenoxy) is 1. The number of hydrogen-bond donors (Lipinski definition) is 2. The number of furan rings is 1. The van der Waals surface area contributed by atoms with Crippen LogP contribution in [0.3, 0.4) is 0 Å². The first-order chi connectivity index (χ1) is 18.9. The van der Waals surface area contributed by atoms with Gasteiger partial charge in [-0.2, -0.15) is 0 Å². The van der Waals surface area contributed by atoms with Crippen LogP contribution in [-0.4, -0.2) is 54.8 Å². The summed E-state index contributed by atoms with van der Waals surface area (Å²) in [6.45, 7) is 24.2. The van der Waals surface area contributed by atoms with Gasteiger partial charge >= 0.3 is 5.97 Å². The van der Waals surface area contributed by atoms with Crippen LogP contribution < -0.4 is 4.90 Å². The third-order valence-electron chi connectivity index (χ3n) is 7.10. The third-order valence-corrected chi connectivity index (χ3v) is 7.10. The Morgan fingerprint density at radius 2 is 1.29 bits per heavy atom. The van der Waals surface area contributed by atoms with Gasteiger partial charge in [-0.25, -0.2) is 4.79 Å². The predicted molar refractivity (Wildman–Crippen MR) is 161 cm³/mol. The Labute approximate surface area is 247 Å². The number of benzene rings is 1. The second-order valence-electron chi connectivity index (χ2n) is 14.9. The molecule has 1 aromatic carbocycles. The first kappa shape index (κ1) is 30.9. The maximum Gasteiger partial charge on any atom is 0.348 e. The lowest BCUT2D eigenvalue weighted by Gasteiger charge is -2.48. The van der Waals surface area contributed by atoms with E-state index in [1.807, 2.05) is 88.0 Å². The van der Waals surface area contributed by atoms with E-state index in [2.05, 4.69) is 4.90 Å². The minimum Gasteiger partial charge on any atom is -0.507 e. The summed E-state index contributed by atoms with van der Waals surface area (Å²) >= 11 is 0. The molecule has 226 valence electrons. The van der Waals surface area contributed by atoms with Gasteiger partial charge in [0.15, 0.2) is 5.78 Å². The number of aromatic hydroxyl groups is 2. The number of anilines is 1. The van der Waals surface area contributed by atoms with Gasteiger partial charge in [0.2, 0.25) is 5.78 Å². The Morgan fingerprint density at radius 1 is 0.762 bits per heavy atom. The van der Waals surface area contributed by atoms with Gasteiger partial charge in [-0.1, -0.05) is 0 Å². The molecule has 2 aromatic rings. The molecular weight excluding hydrogens is 536 g/mol. The number of ketones is 2. The smallest absolute Gasteiger partial charge is 0.348 e. The number of allylic oxidation sites excluding steroid dienone is 3. The summed E-state index contributed by atoms with van der Waals surface area (Å²) in [5.41, 5.74) is -1.36. The van der Waals surface area contributed by atoms with E-state index in [-0.39, 0.29) is 50.2 Å². The van der Waals surface area contributed by atoms with E-state index < -0.39 is 34.6 Å². The maximum atomic E-state index is 13.9. The fraction of sp³-hybridized carbons (Fsp3) is 0.485. The monoisotopic (exact) mass is 578 g/mol. The summed E-state index contributed by atoms with van der Waals surface area (Å²) in [5, 5.41) is 21.9. The lowest BCUT2D eigenvalue weighted by atomic mass is 9.89. The molecule has 0 amide bonds. The molecule has 0 saturated heterocycles. The molecule has 0 unspecified atom stereocenters. The minimum atomic E-state index is -1.01. The van der Waals surface area contributed by atoms with Crippen LogP contribution in [0.25, 0.3) is 11.0 Å². The lowest BCUT2D eigenvalue weighted by Crippen LogP contribution is -2.53. The van der Waals surface area contributed by atoms with Gasteiger partial charge in [0.25, 0.3) is 5.95 Å². The second kappa shape index (κ2) is 9.51. The number of Topliss-reactive ketones (excluding diaryl/α,β-unsaturated/α-hetero) is 1. The molecule has 0 bridgehead atoms. The Morgan fingerprint density at radius 3 is 1.79 bits per heavy atom. The molecule has 1 aliphatic heterocycles. The van der Waals surface area contributed by atoms with Crippen LogP contribution in [0.4, 0.5) is 5.69 Å². The molecular formula is C33H42N2O7. The van der Waals surface area contributed by atoms with Crippen LogP contribution in [0.1, 0.15) is 93.4 Å². The first-order valence-electron chi connectivity index (χ1n) is 14.0. The van der Waals surface area contributed by atoms with Crippen LogP contribution in [0.5, 0.6) is 11.7 Å². The van der Waals surface area contributed by atoms with E-state index in [4.69, 9.17) is 9.15 Å². The molecule has 0 radical (unpaired) electrons. The molecule has 9 heteroatoms. The van der Waals surface area contributed by atoms with Crippen LogP contribution in [0.2, 0.25) is 0 Å². The number of esters is 1. The highest BCUT2D eigenvalue weighted by atomic mass is 16.5. The lowest BCUT2D eigenvalue weighted by molar-refractivity contribution is -0.132. The maximum absolute atomic E-state index is 13.9. The average Bonchev–Trinajstić information content (AvgIpc) is 3.25. The van der Waals surface area contributed by atoms with Gasteiger partial charge in [-0.15, -0.1) is 0 Å². The highest BCUT2D eigenvalue weighted by molar-refractivity contribution is 6.35. The number of hydrogen-bond acceptors (Lipinski definition) is 9. The van der Waals surface area contributed by atoms with E-state index in [1.54, 1.807) is 12.1 Å². The summed E-state index contributed by atoms with van der Waals surface area (Å²) in [6.07, 6.45) is 2.96. The van der Waals surface area contributed by atoms with Crippen molar-refractivity contribution in [1.82, 2.24) is 4.90 Å². The number of phenols is 1. The van der Waals surface area contributed by atoms with Crippen molar-refractivity contribution in [2.75, 3.05) is 4.90 Å². The fourth-order valence-corrected chi connectivity index (χ4v) is 6.70. The van der Waals surface area contributed by atoms with Gasteiger partial charge < -0.3 is 29.2 Å². The largest absolute Gasteiger partial charge is 0.507 e. The van der Waals surface area contributed by atoms with Crippen LogP contribution in [-0.2, 0) is 14.3 Å². The molecule has 1 aliphatic carbocycles. The highest BCUT2D eigenvalue weighted by Crippen LogP contribution is 2.45. The molecule has 1 aromatic heterocycles. The van der Waals surface area contributed by atoms with Crippen molar-refractivity contribution in [2.45, 2.75) is 105 Å². The number of rotatable bonds is 4. The molecule has 2 N–H and O–H groups in total. The number of carbonyl (C=O) groups is 3. The SMILES string of the molecule is CC(C)(C)N(C1=CC(=O)C2=C(C(=O)c3c(O)oc4cc(N(C(C)(C)C)C(C)(C)C)cc(O)c34)C(=O)OC2=C1)C(C)(C)C. The fourth-order valence-electron chi connectivity index (χ4n) is 6.70. The average molecular weight is 579 g/mol. The number of nitrogens with zero attached hydrogens (tertiary/aromatic N) is 2. The van der Waals surface area contributed by atoms with E-state index in [0.717, 1.165) is 0 Å². The minimum absolute atomic E-state index is 0.0332. The Bertz CT molecular complexity index is 1580. The quantitative estimate of drug-likeness (QED) is 0.237. The predicted octanol–water partition coefficient (Wildman–Crippen LogP) is 6.53. The zero-order valence-electron chi connectivity index (χ0n) is 26.6. The molecule has 2 aliphatic rings. The zero-order chi connectivity index (χ0) is 31.9. The van der Waals surface area contributed by atoms with E-state index in [1.165, 1.54) is 12.1 Å². The number of phenolic OH excluding ortho intramolecular Hbond substituents is 1. The Balaban J connectivity index is 1.85. The van der Waals surface area contributed by atoms with Crippen molar-refractivity contribution in [3.63, 3.8) is 0 Å². The standard InChI is InChI=1S/C33H42N2O7/c1-30(2,3)34(31(4,5)6)17-13-19(36)23-21(15-17)41-28(39)25(23)27(38)26-24-20(37)14-18(16-22(24)42-29(26)40)35(32(7,8)9)33(10,11)12/h13-16,36,39H,1-12H3. The van der Waals surface area contributed by atoms with Gasteiger partial charge in [0.1, 0.15) is 28.2 Å². The van der Waals surface area contributed by atoms with Crippen LogP contribution in [0.15, 0.2) is 51.3 Å². The molecule has 4 rings (SSSR count). The summed E-state index contributed by atoms with van der Waals surface area (Å²) in [7, 11) is 0. The van der Waals surface area contributed by atoms with Crippen molar-refractivity contribution < 1.29 is 33.8 Å². The number of fused-ring (bicyclic) bond motifs is 2.